The summed E-state index contributed by atoms with van der Waals surface area (Å²) in [5.41, 5.74) is 1.45. The highest BCUT2D eigenvalue weighted by Gasteiger charge is 2.21. The van der Waals surface area contributed by atoms with Crippen LogP contribution in [0.15, 0.2) is 36.7 Å². The van der Waals surface area contributed by atoms with Crippen molar-refractivity contribution >= 4 is 16.9 Å². The standard InChI is InChI=1S/C16H13FN6O/c17-13-8-15-14(20-22-21-15)7-12(13)16(24)23(6-2-4-18)10-11-3-1-5-19-9-11/h1,3,5,7-9H,2,6,10H2,(H,20,21,22). The summed E-state index contributed by atoms with van der Waals surface area (Å²) >= 11 is 0. The quantitative estimate of drug-likeness (QED) is 0.774. The van der Waals surface area contributed by atoms with Crippen LogP contribution < -0.4 is 0 Å². The van der Waals surface area contributed by atoms with E-state index in [0.717, 1.165) is 5.56 Å². The Morgan fingerprint density at radius 1 is 1.33 bits per heavy atom. The zero-order valence-corrected chi connectivity index (χ0v) is 12.6. The summed E-state index contributed by atoms with van der Waals surface area (Å²) in [6.45, 7) is 0.436. The normalized spacial score (nSPS) is 10.5. The first-order chi connectivity index (χ1) is 11.7. The van der Waals surface area contributed by atoms with E-state index in [1.165, 1.54) is 17.0 Å². The molecule has 7 nitrogen and oxygen atoms in total. The highest BCUT2D eigenvalue weighted by molar-refractivity contribution is 5.97. The van der Waals surface area contributed by atoms with Gasteiger partial charge in [-0.15, -0.1) is 0 Å². The van der Waals surface area contributed by atoms with E-state index in [2.05, 4.69) is 20.4 Å². The fourth-order valence-corrected chi connectivity index (χ4v) is 2.35. The van der Waals surface area contributed by atoms with Crippen LogP contribution in [0.25, 0.3) is 11.0 Å². The van der Waals surface area contributed by atoms with Gasteiger partial charge in [0.15, 0.2) is 0 Å². The third kappa shape index (κ3) is 3.20. The molecule has 0 aliphatic heterocycles. The van der Waals surface area contributed by atoms with E-state index in [1.807, 2.05) is 12.1 Å². The van der Waals surface area contributed by atoms with Gasteiger partial charge < -0.3 is 4.90 Å². The topological polar surface area (TPSA) is 98.6 Å². The van der Waals surface area contributed by atoms with Crippen LogP contribution >= 0.6 is 0 Å². The Kier molecular flexibility index (Phi) is 4.43. The highest BCUT2D eigenvalue weighted by atomic mass is 19.1. The summed E-state index contributed by atoms with van der Waals surface area (Å²) in [5.74, 6) is -1.17. The van der Waals surface area contributed by atoms with Crippen molar-refractivity contribution in [1.82, 2.24) is 25.3 Å². The fourth-order valence-electron chi connectivity index (χ4n) is 2.35. The van der Waals surface area contributed by atoms with E-state index < -0.39 is 11.7 Å². The van der Waals surface area contributed by atoms with Crippen LogP contribution in [0.1, 0.15) is 22.3 Å². The molecule has 0 aliphatic carbocycles. The van der Waals surface area contributed by atoms with Gasteiger partial charge in [-0.25, -0.2) is 4.39 Å². The molecule has 0 saturated heterocycles. The van der Waals surface area contributed by atoms with E-state index in [1.54, 1.807) is 18.5 Å². The van der Waals surface area contributed by atoms with Crippen molar-refractivity contribution < 1.29 is 9.18 Å². The van der Waals surface area contributed by atoms with Crippen LogP contribution in [0.5, 0.6) is 0 Å². The third-order valence-corrected chi connectivity index (χ3v) is 3.51. The number of carbonyl (C=O) groups is 1. The summed E-state index contributed by atoms with van der Waals surface area (Å²) in [7, 11) is 0. The number of nitrogens with one attached hydrogen (secondary N) is 1. The molecule has 0 spiro atoms. The van der Waals surface area contributed by atoms with Gasteiger partial charge in [0.05, 0.1) is 18.1 Å². The second-order valence-electron chi connectivity index (χ2n) is 5.14. The van der Waals surface area contributed by atoms with Gasteiger partial charge >= 0.3 is 0 Å². The minimum atomic E-state index is -0.672. The molecule has 0 atom stereocenters. The van der Waals surface area contributed by atoms with Gasteiger partial charge in [0.1, 0.15) is 16.9 Å². The maximum Gasteiger partial charge on any atom is 0.257 e. The minimum Gasteiger partial charge on any atom is -0.333 e. The number of benzene rings is 1. The van der Waals surface area contributed by atoms with Crippen molar-refractivity contribution in [2.75, 3.05) is 6.54 Å². The van der Waals surface area contributed by atoms with Crippen molar-refractivity contribution in [3.8, 4) is 6.07 Å². The van der Waals surface area contributed by atoms with Crippen LogP contribution in [0.3, 0.4) is 0 Å². The van der Waals surface area contributed by atoms with Crippen LogP contribution in [0, 0.1) is 17.1 Å². The van der Waals surface area contributed by atoms with Crippen molar-refractivity contribution in [2.45, 2.75) is 13.0 Å². The number of halogens is 1. The zero-order valence-electron chi connectivity index (χ0n) is 12.6. The molecule has 2 heterocycles. The average Bonchev–Trinajstić information content (AvgIpc) is 3.05. The number of hydrogen-bond donors (Lipinski definition) is 1. The molecular formula is C16H13FN6O. The van der Waals surface area contributed by atoms with Crippen LogP contribution in [0.2, 0.25) is 0 Å². The Bertz CT molecular complexity index is 902. The predicted octanol–water partition coefficient (Wildman–Crippen LogP) is 2.05. The largest absolute Gasteiger partial charge is 0.333 e. The lowest BCUT2D eigenvalue weighted by Gasteiger charge is -2.22. The minimum absolute atomic E-state index is 0.0989. The molecule has 0 saturated carbocycles. The lowest BCUT2D eigenvalue weighted by molar-refractivity contribution is 0.0742. The first kappa shape index (κ1) is 15.6. The summed E-state index contributed by atoms with van der Waals surface area (Å²) in [4.78, 5) is 18.2. The monoisotopic (exact) mass is 324 g/mol. The predicted molar refractivity (Wildman–Crippen MR) is 83.1 cm³/mol. The molecule has 8 heteroatoms. The van der Waals surface area contributed by atoms with Crippen molar-refractivity contribution in [2.24, 2.45) is 0 Å². The molecule has 0 radical (unpaired) electrons. The Morgan fingerprint density at radius 3 is 2.83 bits per heavy atom. The van der Waals surface area contributed by atoms with Gasteiger partial charge in [-0.2, -0.15) is 20.7 Å². The van der Waals surface area contributed by atoms with Crippen molar-refractivity contribution in [3.63, 3.8) is 0 Å². The molecule has 2 aromatic heterocycles. The van der Waals surface area contributed by atoms with E-state index in [9.17, 15) is 9.18 Å². The number of nitrogens with zero attached hydrogens (tertiary/aromatic N) is 5. The molecule has 1 amide bonds. The molecule has 0 unspecified atom stereocenters. The maximum atomic E-state index is 14.3. The average molecular weight is 324 g/mol. The van der Waals surface area contributed by atoms with E-state index in [-0.39, 0.29) is 25.1 Å². The summed E-state index contributed by atoms with van der Waals surface area (Å²) < 4.78 is 14.3. The van der Waals surface area contributed by atoms with Crippen molar-refractivity contribution in [3.05, 3.63) is 53.6 Å². The number of nitriles is 1. The zero-order chi connectivity index (χ0) is 16.9. The molecule has 24 heavy (non-hydrogen) atoms. The SMILES string of the molecule is N#CCCN(Cc1cccnc1)C(=O)c1cc2n[nH]nc2cc1F. The fraction of sp³-hybridized carbons (Fsp3) is 0.188. The van der Waals surface area contributed by atoms with E-state index >= 15 is 0 Å². The number of pyridine rings is 1. The smallest absolute Gasteiger partial charge is 0.257 e. The third-order valence-electron chi connectivity index (χ3n) is 3.51. The Hall–Kier alpha value is -3.34. The molecule has 120 valence electrons. The Labute approximate surface area is 136 Å². The Morgan fingerprint density at radius 2 is 2.12 bits per heavy atom. The number of carbonyl (C=O) groups excluding carboxylic acids is 1. The van der Waals surface area contributed by atoms with Crippen LogP contribution in [0.4, 0.5) is 4.39 Å². The van der Waals surface area contributed by atoms with E-state index in [4.69, 9.17) is 5.26 Å². The molecule has 0 fully saturated rings. The van der Waals surface area contributed by atoms with E-state index in [0.29, 0.717) is 11.0 Å². The number of fused-ring (bicyclic) bond motifs is 1. The molecule has 3 rings (SSSR count). The number of aromatic amines is 1. The second kappa shape index (κ2) is 6.83. The number of aromatic nitrogens is 4. The first-order valence-corrected chi connectivity index (χ1v) is 7.24. The van der Waals surface area contributed by atoms with Crippen molar-refractivity contribution in [1.29, 1.82) is 5.26 Å². The molecule has 0 aliphatic rings. The van der Waals surface area contributed by atoms with Crippen LogP contribution in [-0.2, 0) is 6.54 Å². The van der Waals surface area contributed by atoms with Gasteiger partial charge in [0.2, 0.25) is 0 Å². The summed E-state index contributed by atoms with van der Waals surface area (Å²) in [6, 6.07) is 8.10. The lowest BCUT2D eigenvalue weighted by atomic mass is 10.1. The number of amides is 1. The van der Waals surface area contributed by atoms with Gasteiger partial charge in [-0.05, 0) is 17.7 Å². The van der Waals surface area contributed by atoms with Gasteiger partial charge in [0.25, 0.3) is 5.91 Å². The molecule has 0 bridgehead atoms. The van der Waals surface area contributed by atoms with Gasteiger partial charge in [0, 0.05) is 31.5 Å². The molecule has 1 N–H and O–H groups in total. The Balaban J connectivity index is 1.91. The van der Waals surface area contributed by atoms with Crippen LogP contribution in [-0.4, -0.2) is 37.7 Å². The summed E-state index contributed by atoms with van der Waals surface area (Å²) in [5, 5.41) is 18.9. The number of hydrogen-bond acceptors (Lipinski definition) is 5. The molecule has 3 aromatic rings. The highest BCUT2D eigenvalue weighted by Crippen LogP contribution is 2.18. The van der Waals surface area contributed by atoms with Gasteiger partial charge in [-0.3, -0.25) is 9.78 Å². The van der Waals surface area contributed by atoms with Gasteiger partial charge in [-0.1, -0.05) is 6.07 Å². The number of rotatable bonds is 5. The second-order valence-corrected chi connectivity index (χ2v) is 5.14. The number of H-pyrrole nitrogens is 1. The first-order valence-electron chi connectivity index (χ1n) is 7.24. The lowest BCUT2D eigenvalue weighted by Crippen LogP contribution is -2.32. The summed E-state index contributed by atoms with van der Waals surface area (Å²) in [6.07, 6.45) is 3.41. The maximum absolute atomic E-state index is 14.3. The molecular weight excluding hydrogens is 311 g/mol. The molecule has 1 aromatic carbocycles.